The van der Waals surface area contributed by atoms with Gasteiger partial charge in [0.15, 0.2) is 0 Å². The monoisotopic (exact) mass is 486 g/mol. The highest BCUT2D eigenvalue weighted by atomic mass is 32.2. The van der Waals surface area contributed by atoms with E-state index in [1.807, 2.05) is 36.5 Å². The van der Waals surface area contributed by atoms with E-state index in [0.717, 1.165) is 57.0 Å². The van der Waals surface area contributed by atoms with Crippen LogP contribution in [-0.4, -0.2) is 29.4 Å². The number of rotatable bonds is 5. The van der Waals surface area contributed by atoms with Gasteiger partial charge in [-0.2, -0.15) is 5.10 Å². The highest BCUT2D eigenvalue weighted by Gasteiger charge is 2.28. The van der Waals surface area contributed by atoms with Crippen molar-refractivity contribution in [1.29, 1.82) is 0 Å². The fraction of sp³-hybridized carbons (Fsp3) is 0.259. The van der Waals surface area contributed by atoms with Crippen molar-refractivity contribution in [2.45, 2.75) is 38.8 Å². The van der Waals surface area contributed by atoms with Crippen LogP contribution in [0.5, 0.6) is 5.88 Å². The maximum atomic E-state index is 11.8. The largest absolute Gasteiger partial charge is 0.472 e. The zero-order valence-electron chi connectivity index (χ0n) is 19.7. The van der Waals surface area contributed by atoms with Crippen LogP contribution < -0.4 is 9.46 Å². The quantitative estimate of drug-likeness (QED) is 0.408. The van der Waals surface area contributed by atoms with Crippen LogP contribution in [0.4, 0.5) is 5.69 Å². The second-order valence-corrected chi connectivity index (χ2v) is 10.9. The fourth-order valence-corrected chi connectivity index (χ4v) is 5.48. The zero-order chi connectivity index (χ0) is 24.2. The third-order valence-corrected chi connectivity index (χ3v) is 7.16. The van der Waals surface area contributed by atoms with Crippen LogP contribution in [0.15, 0.2) is 60.9 Å². The third-order valence-electron chi connectivity index (χ3n) is 6.56. The van der Waals surface area contributed by atoms with Gasteiger partial charge in [-0.3, -0.25) is 9.40 Å². The number of aromatic nitrogens is 3. The number of allylic oxidation sites excluding steroid dienone is 1. The average Bonchev–Trinajstić information content (AvgIpc) is 3.61. The molecule has 1 aliphatic heterocycles. The van der Waals surface area contributed by atoms with E-state index in [9.17, 15) is 8.42 Å². The first kappa shape index (κ1) is 21.9. The molecule has 0 radical (unpaired) electrons. The Kier molecular flexibility index (Phi) is 5.14. The summed E-state index contributed by atoms with van der Waals surface area (Å²) in [5, 5.41) is 5.77. The van der Waals surface area contributed by atoms with E-state index in [-0.39, 0.29) is 0 Å². The Morgan fingerprint density at radius 1 is 1.14 bits per heavy atom. The van der Waals surface area contributed by atoms with Crippen molar-refractivity contribution in [3.63, 3.8) is 0 Å². The Labute approximate surface area is 204 Å². The van der Waals surface area contributed by atoms with Crippen LogP contribution in [-0.2, 0) is 16.6 Å². The molecule has 2 aromatic carbocycles. The number of sulfonamides is 1. The number of hydrogen-bond acceptors (Lipinski definition) is 5. The Balaban J connectivity index is 1.61. The van der Waals surface area contributed by atoms with Gasteiger partial charge in [-0.15, -0.1) is 0 Å². The maximum Gasteiger partial charge on any atom is 0.229 e. The summed E-state index contributed by atoms with van der Waals surface area (Å²) in [5.41, 5.74) is 7.88. The Bertz CT molecular complexity index is 1600. The summed E-state index contributed by atoms with van der Waals surface area (Å²) >= 11 is 0. The van der Waals surface area contributed by atoms with Crippen molar-refractivity contribution >= 4 is 37.8 Å². The first-order valence-corrected chi connectivity index (χ1v) is 13.7. The second kappa shape index (κ2) is 8.23. The van der Waals surface area contributed by atoms with E-state index in [1.54, 1.807) is 12.3 Å². The summed E-state index contributed by atoms with van der Waals surface area (Å²) in [4.78, 5) is 4.54. The number of nitrogens with zero attached hydrogens (tertiary/aromatic N) is 3. The smallest absolute Gasteiger partial charge is 0.229 e. The number of nitrogens with one attached hydrogen (secondary N) is 1. The number of anilines is 1. The lowest BCUT2D eigenvalue weighted by Crippen LogP contribution is -2.09. The number of pyridine rings is 1. The lowest BCUT2D eigenvalue weighted by molar-refractivity contribution is 0.295. The first-order valence-electron chi connectivity index (χ1n) is 11.8. The Morgan fingerprint density at radius 2 is 2.00 bits per heavy atom. The number of benzene rings is 2. The van der Waals surface area contributed by atoms with Crippen molar-refractivity contribution in [3.05, 3.63) is 83.2 Å². The third kappa shape index (κ3) is 4.08. The van der Waals surface area contributed by atoms with Crippen molar-refractivity contribution in [3.8, 4) is 5.88 Å². The number of hydrogen-bond donors (Lipinski definition) is 1. The highest BCUT2D eigenvalue weighted by Crippen LogP contribution is 2.44. The van der Waals surface area contributed by atoms with Gasteiger partial charge in [-0.1, -0.05) is 19.1 Å². The van der Waals surface area contributed by atoms with Crippen LogP contribution in [0.3, 0.4) is 0 Å². The molecule has 0 spiro atoms. The molecule has 4 aromatic rings. The molecule has 1 saturated carbocycles. The minimum atomic E-state index is -3.38. The number of ether oxygens (including phenoxy) is 1. The molecular weight excluding hydrogens is 460 g/mol. The van der Waals surface area contributed by atoms with E-state index in [0.29, 0.717) is 24.2 Å². The van der Waals surface area contributed by atoms with Crippen LogP contribution in [0, 0.1) is 0 Å². The van der Waals surface area contributed by atoms with Gasteiger partial charge in [0.2, 0.25) is 15.9 Å². The topological polar surface area (TPSA) is 86.1 Å². The summed E-state index contributed by atoms with van der Waals surface area (Å²) < 4.78 is 34.6. The van der Waals surface area contributed by atoms with E-state index in [4.69, 9.17) is 4.74 Å². The summed E-state index contributed by atoms with van der Waals surface area (Å²) in [6.45, 7) is 2.53. The molecule has 1 N–H and O–H groups in total. The molecule has 2 aromatic heterocycles. The molecular formula is C27H26N4O3S. The van der Waals surface area contributed by atoms with Gasteiger partial charge in [-0.05, 0) is 83.5 Å². The predicted molar refractivity (Wildman–Crippen MR) is 138 cm³/mol. The molecule has 1 fully saturated rings. The molecule has 6 rings (SSSR count). The Hall–Kier alpha value is -3.65. The first-order chi connectivity index (χ1) is 16.9. The SMILES string of the molecule is CC/C(=C1\c2cc3cnn(C4CC4)c3cc2COc2ncccc21)c1cccc(NS(C)(=O)=O)c1. The molecule has 35 heavy (non-hydrogen) atoms. The van der Waals surface area contributed by atoms with Crippen molar-refractivity contribution < 1.29 is 13.2 Å². The minimum absolute atomic E-state index is 0.418. The van der Waals surface area contributed by atoms with Crippen LogP contribution in [0.1, 0.15) is 54.5 Å². The average molecular weight is 487 g/mol. The van der Waals surface area contributed by atoms with Gasteiger partial charge in [-0.25, -0.2) is 13.4 Å². The maximum absolute atomic E-state index is 11.8. The summed E-state index contributed by atoms with van der Waals surface area (Å²) in [6.07, 6.45) is 7.93. The lowest BCUT2D eigenvalue weighted by Gasteiger charge is -2.18. The van der Waals surface area contributed by atoms with E-state index in [2.05, 4.69) is 38.5 Å². The van der Waals surface area contributed by atoms with Crippen LogP contribution >= 0.6 is 0 Å². The standard InChI is InChI=1S/C27H26N4O3S/c1-3-22(17-6-4-7-20(12-17)30-35(2,32)33)26-23-8-5-11-28-27(23)34-16-19-14-25-18(13-24(19)26)15-29-31(25)21-9-10-21/h4-8,11-15,21,30H,3,9-10,16H2,1-2H3/b26-22+. The molecule has 2 aliphatic rings. The summed E-state index contributed by atoms with van der Waals surface area (Å²) in [7, 11) is -3.38. The molecule has 0 bridgehead atoms. The fourth-order valence-electron chi connectivity index (χ4n) is 4.92. The van der Waals surface area contributed by atoms with E-state index < -0.39 is 10.0 Å². The normalized spacial score (nSPS) is 16.7. The van der Waals surface area contributed by atoms with Gasteiger partial charge < -0.3 is 4.74 Å². The molecule has 0 saturated heterocycles. The molecule has 1 aliphatic carbocycles. The minimum Gasteiger partial charge on any atom is -0.472 e. The van der Waals surface area contributed by atoms with Crippen molar-refractivity contribution in [2.24, 2.45) is 0 Å². The van der Waals surface area contributed by atoms with Gasteiger partial charge in [0.1, 0.15) is 6.61 Å². The second-order valence-electron chi connectivity index (χ2n) is 9.20. The van der Waals surface area contributed by atoms with Crippen molar-refractivity contribution in [2.75, 3.05) is 11.0 Å². The molecule has 0 unspecified atom stereocenters. The van der Waals surface area contributed by atoms with Crippen LogP contribution in [0.25, 0.3) is 22.0 Å². The van der Waals surface area contributed by atoms with Crippen molar-refractivity contribution in [1.82, 2.24) is 14.8 Å². The van der Waals surface area contributed by atoms with Gasteiger partial charge >= 0.3 is 0 Å². The number of fused-ring (bicyclic) bond motifs is 3. The lowest BCUT2D eigenvalue weighted by atomic mass is 9.86. The predicted octanol–water partition coefficient (Wildman–Crippen LogP) is 5.40. The summed E-state index contributed by atoms with van der Waals surface area (Å²) in [5.74, 6) is 0.600. The molecule has 0 atom stereocenters. The summed E-state index contributed by atoms with van der Waals surface area (Å²) in [6, 6.07) is 16.4. The van der Waals surface area contributed by atoms with Crippen LogP contribution in [0.2, 0.25) is 0 Å². The van der Waals surface area contributed by atoms with Gasteiger partial charge in [0, 0.05) is 22.8 Å². The van der Waals surface area contributed by atoms with Gasteiger partial charge in [0.05, 0.1) is 24.0 Å². The Morgan fingerprint density at radius 3 is 2.77 bits per heavy atom. The molecule has 3 heterocycles. The molecule has 8 heteroatoms. The zero-order valence-corrected chi connectivity index (χ0v) is 20.5. The van der Waals surface area contributed by atoms with E-state index in [1.165, 1.54) is 12.8 Å². The molecule has 0 amide bonds. The highest BCUT2D eigenvalue weighted by molar-refractivity contribution is 7.92. The van der Waals surface area contributed by atoms with E-state index >= 15 is 0 Å². The molecule has 7 nitrogen and oxygen atoms in total. The molecule has 178 valence electrons. The van der Waals surface area contributed by atoms with Gasteiger partial charge in [0.25, 0.3) is 0 Å².